The van der Waals surface area contributed by atoms with E-state index in [2.05, 4.69) is 0 Å². The van der Waals surface area contributed by atoms with E-state index in [-0.39, 0.29) is 5.91 Å². The SMILES string of the molecule is CN(C(=O)CC1CC2CCC1C2)C(C)(C)C(=O)O. The molecule has 1 amide bonds. The lowest BCUT2D eigenvalue weighted by Crippen LogP contribution is -2.51. The van der Waals surface area contributed by atoms with Crippen molar-refractivity contribution < 1.29 is 14.7 Å². The second-order valence-corrected chi connectivity index (χ2v) is 6.46. The van der Waals surface area contributed by atoms with Crippen molar-refractivity contribution in [3.63, 3.8) is 0 Å². The maximum atomic E-state index is 12.2. The van der Waals surface area contributed by atoms with Gasteiger partial charge in [0.1, 0.15) is 5.54 Å². The van der Waals surface area contributed by atoms with Gasteiger partial charge in [0.15, 0.2) is 0 Å². The fourth-order valence-electron chi connectivity index (χ4n) is 3.44. The first-order chi connectivity index (χ1) is 8.32. The minimum absolute atomic E-state index is 0.0278. The lowest BCUT2D eigenvalue weighted by Gasteiger charge is -2.33. The summed E-state index contributed by atoms with van der Waals surface area (Å²) in [5.74, 6) is 1.04. The fourth-order valence-corrected chi connectivity index (χ4v) is 3.44. The van der Waals surface area contributed by atoms with Crippen LogP contribution in [0.25, 0.3) is 0 Å². The average molecular weight is 253 g/mol. The quantitative estimate of drug-likeness (QED) is 0.835. The smallest absolute Gasteiger partial charge is 0.329 e. The Balaban J connectivity index is 1.94. The van der Waals surface area contributed by atoms with Gasteiger partial charge in [-0.1, -0.05) is 6.42 Å². The van der Waals surface area contributed by atoms with Gasteiger partial charge < -0.3 is 10.0 Å². The zero-order valence-electron chi connectivity index (χ0n) is 11.5. The van der Waals surface area contributed by atoms with E-state index < -0.39 is 11.5 Å². The molecule has 2 aliphatic carbocycles. The van der Waals surface area contributed by atoms with Gasteiger partial charge in [-0.25, -0.2) is 4.79 Å². The maximum absolute atomic E-state index is 12.2. The number of carboxylic acid groups (broad SMARTS) is 1. The Kier molecular flexibility index (Phi) is 3.39. The number of likely N-dealkylation sites (N-methyl/N-ethyl adjacent to an activating group) is 1. The molecule has 0 saturated heterocycles. The number of hydrogen-bond donors (Lipinski definition) is 1. The zero-order valence-corrected chi connectivity index (χ0v) is 11.5. The van der Waals surface area contributed by atoms with Crippen LogP contribution in [0.3, 0.4) is 0 Å². The van der Waals surface area contributed by atoms with Gasteiger partial charge in [-0.05, 0) is 50.9 Å². The van der Waals surface area contributed by atoms with Gasteiger partial charge >= 0.3 is 5.97 Å². The summed E-state index contributed by atoms with van der Waals surface area (Å²) in [7, 11) is 1.60. The third-order valence-electron chi connectivity index (χ3n) is 5.06. The monoisotopic (exact) mass is 253 g/mol. The fraction of sp³-hybridized carbons (Fsp3) is 0.857. The predicted octanol–water partition coefficient (Wildman–Crippen LogP) is 2.13. The number of carboxylic acids is 1. The van der Waals surface area contributed by atoms with E-state index in [1.165, 1.54) is 24.2 Å². The van der Waals surface area contributed by atoms with Gasteiger partial charge in [-0.15, -0.1) is 0 Å². The third kappa shape index (κ3) is 2.25. The minimum Gasteiger partial charge on any atom is -0.480 e. The van der Waals surface area contributed by atoms with Gasteiger partial charge in [-0.2, -0.15) is 0 Å². The van der Waals surface area contributed by atoms with Crippen LogP contribution in [0, 0.1) is 17.8 Å². The van der Waals surface area contributed by atoms with Crippen LogP contribution < -0.4 is 0 Å². The Morgan fingerprint density at radius 1 is 1.28 bits per heavy atom. The first-order valence-corrected chi connectivity index (χ1v) is 6.82. The highest BCUT2D eigenvalue weighted by atomic mass is 16.4. The molecule has 18 heavy (non-hydrogen) atoms. The van der Waals surface area contributed by atoms with Crippen molar-refractivity contribution in [2.75, 3.05) is 7.05 Å². The minimum atomic E-state index is -1.12. The molecule has 0 heterocycles. The van der Waals surface area contributed by atoms with Crippen LogP contribution in [-0.4, -0.2) is 34.5 Å². The molecule has 1 N–H and O–H groups in total. The van der Waals surface area contributed by atoms with Crippen molar-refractivity contribution in [1.82, 2.24) is 4.90 Å². The molecule has 102 valence electrons. The van der Waals surface area contributed by atoms with E-state index in [9.17, 15) is 9.59 Å². The van der Waals surface area contributed by atoms with Crippen molar-refractivity contribution in [3.05, 3.63) is 0 Å². The van der Waals surface area contributed by atoms with Crippen LogP contribution >= 0.6 is 0 Å². The van der Waals surface area contributed by atoms with Gasteiger partial charge in [-0.3, -0.25) is 4.79 Å². The molecule has 0 aliphatic heterocycles. The molecule has 3 unspecified atom stereocenters. The van der Waals surface area contributed by atoms with Crippen molar-refractivity contribution in [1.29, 1.82) is 0 Å². The summed E-state index contributed by atoms with van der Waals surface area (Å²) in [5, 5.41) is 9.13. The Labute approximate surface area is 108 Å². The molecule has 3 atom stereocenters. The molecular weight excluding hydrogens is 230 g/mol. The number of carbonyl (C=O) groups is 2. The number of hydrogen-bond acceptors (Lipinski definition) is 2. The van der Waals surface area contributed by atoms with Gasteiger partial charge in [0.25, 0.3) is 0 Å². The molecule has 0 aromatic rings. The Hall–Kier alpha value is -1.06. The topological polar surface area (TPSA) is 57.6 Å². The van der Waals surface area contributed by atoms with E-state index in [1.54, 1.807) is 20.9 Å². The van der Waals surface area contributed by atoms with Crippen molar-refractivity contribution in [2.45, 2.75) is 51.5 Å². The lowest BCUT2D eigenvalue weighted by atomic mass is 9.86. The van der Waals surface area contributed by atoms with E-state index in [4.69, 9.17) is 5.11 Å². The number of nitrogens with zero attached hydrogens (tertiary/aromatic N) is 1. The summed E-state index contributed by atoms with van der Waals surface area (Å²) < 4.78 is 0. The predicted molar refractivity (Wildman–Crippen MR) is 68.0 cm³/mol. The molecule has 2 saturated carbocycles. The zero-order chi connectivity index (χ0) is 13.5. The molecule has 2 fully saturated rings. The number of rotatable bonds is 4. The Morgan fingerprint density at radius 3 is 2.39 bits per heavy atom. The number of carbonyl (C=O) groups excluding carboxylic acids is 1. The van der Waals surface area contributed by atoms with Crippen molar-refractivity contribution in [2.24, 2.45) is 17.8 Å². The van der Waals surface area contributed by atoms with Crippen LogP contribution in [0.5, 0.6) is 0 Å². The highest BCUT2D eigenvalue weighted by molar-refractivity contribution is 5.86. The summed E-state index contributed by atoms with van der Waals surface area (Å²) >= 11 is 0. The van der Waals surface area contributed by atoms with Gasteiger partial charge in [0.05, 0.1) is 0 Å². The molecule has 4 heteroatoms. The third-order valence-corrected chi connectivity index (χ3v) is 5.06. The molecule has 2 rings (SSSR count). The molecule has 0 spiro atoms. The van der Waals surface area contributed by atoms with Crippen LogP contribution in [0.2, 0.25) is 0 Å². The van der Waals surface area contributed by atoms with Crippen molar-refractivity contribution >= 4 is 11.9 Å². The first-order valence-electron chi connectivity index (χ1n) is 6.82. The normalized spacial score (nSPS) is 30.5. The summed E-state index contributed by atoms with van der Waals surface area (Å²) in [6, 6.07) is 0. The van der Waals surface area contributed by atoms with Crippen LogP contribution in [0.15, 0.2) is 0 Å². The molecule has 2 aliphatic rings. The molecule has 2 bridgehead atoms. The lowest BCUT2D eigenvalue weighted by molar-refractivity contribution is -0.155. The Morgan fingerprint density at radius 2 is 1.94 bits per heavy atom. The number of fused-ring (bicyclic) bond motifs is 2. The molecule has 4 nitrogen and oxygen atoms in total. The molecular formula is C14H23NO3. The van der Waals surface area contributed by atoms with E-state index >= 15 is 0 Å². The molecule has 0 aromatic carbocycles. The highest BCUT2D eigenvalue weighted by Crippen LogP contribution is 2.49. The standard InChI is InChI=1S/C14H23NO3/c1-14(2,13(17)18)15(3)12(16)8-11-7-9-4-5-10(11)6-9/h9-11H,4-8H2,1-3H3,(H,17,18). The second kappa shape index (κ2) is 4.56. The Bertz CT molecular complexity index is 364. The summed E-state index contributed by atoms with van der Waals surface area (Å²) in [4.78, 5) is 24.7. The molecule has 0 radical (unpaired) electrons. The van der Waals surface area contributed by atoms with Gasteiger partial charge in [0.2, 0.25) is 5.91 Å². The second-order valence-electron chi connectivity index (χ2n) is 6.46. The average Bonchev–Trinajstić information content (AvgIpc) is 2.89. The van der Waals surface area contributed by atoms with E-state index in [0.717, 1.165) is 12.3 Å². The van der Waals surface area contributed by atoms with Crippen LogP contribution in [-0.2, 0) is 9.59 Å². The maximum Gasteiger partial charge on any atom is 0.329 e. The highest BCUT2D eigenvalue weighted by Gasteiger charge is 2.42. The molecule has 0 aromatic heterocycles. The summed E-state index contributed by atoms with van der Waals surface area (Å²) in [6.07, 6.45) is 5.55. The largest absolute Gasteiger partial charge is 0.480 e. The van der Waals surface area contributed by atoms with E-state index in [1.807, 2.05) is 0 Å². The van der Waals surface area contributed by atoms with E-state index in [0.29, 0.717) is 18.3 Å². The van der Waals surface area contributed by atoms with Gasteiger partial charge in [0, 0.05) is 13.5 Å². The first kappa shape index (κ1) is 13.4. The summed E-state index contributed by atoms with van der Waals surface area (Å²) in [6.45, 7) is 3.15. The van der Waals surface area contributed by atoms with Crippen LogP contribution in [0.4, 0.5) is 0 Å². The summed E-state index contributed by atoms with van der Waals surface area (Å²) in [5.41, 5.74) is -1.12. The number of aliphatic carboxylic acids is 1. The van der Waals surface area contributed by atoms with Crippen molar-refractivity contribution in [3.8, 4) is 0 Å². The van der Waals surface area contributed by atoms with Crippen LogP contribution in [0.1, 0.15) is 46.0 Å². The number of amides is 1.